The van der Waals surface area contributed by atoms with Crippen molar-refractivity contribution in [1.82, 2.24) is 4.31 Å². The molecule has 0 aliphatic heterocycles. The lowest BCUT2D eigenvalue weighted by molar-refractivity contribution is 0.252. The number of aliphatic hydroxyl groups is 1. The Hall–Kier alpha value is -0.140. The monoisotopic (exact) mass is 369 g/mol. The molecule has 0 saturated carbocycles. The van der Waals surface area contributed by atoms with Crippen LogP contribution in [0, 0.1) is 0 Å². The van der Waals surface area contributed by atoms with Gasteiger partial charge in [-0.1, -0.05) is 24.9 Å². The minimum atomic E-state index is -3.59. The summed E-state index contributed by atoms with van der Waals surface area (Å²) in [5.41, 5.74) is 0. The van der Waals surface area contributed by atoms with E-state index in [0.717, 1.165) is 12.8 Å². The van der Waals surface area contributed by atoms with Crippen LogP contribution >= 0.6 is 27.5 Å². The van der Waals surface area contributed by atoms with Crippen LogP contribution in [0.4, 0.5) is 0 Å². The van der Waals surface area contributed by atoms with Gasteiger partial charge in [-0.2, -0.15) is 4.31 Å². The predicted molar refractivity (Wildman–Crippen MR) is 79.9 cm³/mol. The fourth-order valence-electron chi connectivity index (χ4n) is 1.58. The summed E-state index contributed by atoms with van der Waals surface area (Å²) < 4.78 is 26.7. The predicted octanol–water partition coefficient (Wildman–Crippen LogP) is 2.89. The van der Waals surface area contributed by atoms with Crippen molar-refractivity contribution >= 4 is 37.6 Å². The number of sulfonamides is 1. The number of benzene rings is 1. The van der Waals surface area contributed by atoms with E-state index in [0.29, 0.717) is 16.0 Å². The summed E-state index contributed by atoms with van der Waals surface area (Å²) in [7, 11) is -3.59. The molecule has 108 valence electrons. The Morgan fingerprint density at radius 3 is 2.58 bits per heavy atom. The van der Waals surface area contributed by atoms with Crippen LogP contribution in [-0.2, 0) is 10.0 Å². The highest BCUT2D eigenvalue weighted by atomic mass is 79.9. The van der Waals surface area contributed by atoms with Gasteiger partial charge in [-0.15, -0.1) is 0 Å². The number of hydrogen-bond donors (Lipinski definition) is 1. The quantitative estimate of drug-likeness (QED) is 0.803. The zero-order valence-electron chi connectivity index (χ0n) is 10.6. The average molecular weight is 371 g/mol. The molecule has 1 aromatic rings. The van der Waals surface area contributed by atoms with E-state index in [2.05, 4.69) is 15.9 Å². The van der Waals surface area contributed by atoms with Gasteiger partial charge in [-0.3, -0.25) is 0 Å². The minimum absolute atomic E-state index is 0.0998. The molecule has 0 radical (unpaired) electrons. The Balaban J connectivity index is 3.07. The molecule has 0 unspecified atom stereocenters. The maximum Gasteiger partial charge on any atom is 0.243 e. The number of rotatable bonds is 7. The Bertz CT molecular complexity index is 522. The maximum absolute atomic E-state index is 12.4. The van der Waals surface area contributed by atoms with Crippen LogP contribution in [-0.4, -0.2) is 37.5 Å². The summed E-state index contributed by atoms with van der Waals surface area (Å²) in [6.45, 7) is 2.29. The van der Waals surface area contributed by atoms with Crippen LogP contribution in [0.25, 0.3) is 0 Å². The van der Waals surface area contributed by atoms with Crippen molar-refractivity contribution in [2.45, 2.75) is 24.7 Å². The molecule has 0 fully saturated rings. The van der Waals surface area contributed by atoms with Crippen molar-refractivity contribution in [3.05, 3.63) is 27.7 Å². The number of unbranched alkanes of at least 4 members (excludes halogenated alkanes) is 1. The molecule has 0 heterocycles. The molecule has 1 aromatic carbocycles. The van der Waals surface area contributed by atoms with Gasteiger partial charge in [0, 0.05) is 17.6 Å². The lowest BCUT2D eigenvalue weighted by Crippen LogP contribution is -2.34. The van der Waals surface area contributed by atoms with Gasteiger partial charge in [0.1, 0.15) is 0 Å². The summed E-state index contributed by atoms with van der Waals surface area (Å²) >= 11 is 9.07. The second kappa shape index (κ2) is 7.59. The van der Waals surface area contributed by atoms with Crippen LogP contribution in [0.1, 0.15) is 19.8 Å². The molecule has 0 bridgehead atoms. The van der Waals surface area contributed by atoms with E-state index in [1.165, 1.54) is 22.5 Å². The highest BCUT2D eigenvalue weighted by molar-refractivity contribution is 9.10. The molecule has 0 spiro atoms. The molecule has 0 aromatic heterocycles. The number of nitrogens with zero attached hydrogens (tertiary/aromatic N) is 1. The van der Waals surface area contributed by atoms with E-state index in [9.17, 15) is 8.42 Å². The molecular formula is C12H17BrClNO3S. The summed E-state index contributed by atoms with van der Waals surface area (Å²) in [6, 6.07) is 4.49. The maximum atomic E-state index is 12.4. The Morgan fingerprint density at radius 2 is 2.05 bits per heavy atom. The first kappa shape index (κ1) is 16.9. The van der Waals surface area contributed by atoms with Crippen LogP contribution in [0.5, 0.6) is 0 Å². The van der Waals surface area contributed by atoms with Crippen LogP contribution < -0.4 is 0 Å². The topological polar surface area (TPSA) is 57.6 Å². The fraction of sp³-hybridized carbons (Fsp3) is 0.500. The van der Waals surface area contributed by atoms with Crippen molar-refractivity contribution in [3.8, 4) is 0 Å². The van der Waals surface area contributed by atoms with Gasteiger partial charge < -0.3 is 5.11 Å². The van der Waals surface area contributed by atoms with Crippen molar-refractivity contribution < 1.29 is 13.5 Å². The van der Waals surface area contributed by atoms with Gasteiger partial charge in [0.05, 0.1) is 16.5 Å². The first-order valence-corrected chi connectivity index (χ1v) is 8.60. The van der Waals surface area contributed by atoms with Gasteiger partial charge in [0.15, 0.2) is 0 Å². The van der Waals surface area contributed by atoms with E-state index >= 15 is 0 Å². The molecule has 0 atom stereocenters. The first-order chi connectivity index (χ1) is 8.93. The normalized spacial score (nSPS) is 12.1. The minimum Gasteiger partial charge on any atom is -0.395 e. The van der Waals surface area contributed by atoms with Crippen molar-refractivity contribution in [2.24, 2.45) is 0 Å². The van der Waals surface area contributed by atoms with Crippen molar-refractivity contribution in [2.75, 3.05) is 19.7 Å². The fourth-order valence-corrected chi connectivity index (χ4v) is 3.73. The van der Waals surface area contributed by atoms with Gasteiger partial charge in [-0.05, 0) is 40.5 Å². The molecular weight excluding hydrogens is 354 g/mol. The Kier molecular flexibility index (Phi) is 6.76. The van der Waals surface area contributed by atoms with Gasteiger partial charge in [0.2, 0.25) is 10.0 Å². The lowest BCUT2D eigenvalue weighted by atomic mass is 10.3. The van der Waals surface area contributed by atoms with Crippen molar-refractivity contribution in [1.29, 1.82) is 0 Å². The molecule has 0 amide bonds. The molecule has 1 rings (SSSR count). The van der Waals surface area contributed by atoms with E-state index in [4.69, 9.17) is 16.7 Å². The SMILES string of the molecule is CCCCN(CCO)S(=O)(=O)c1ccc(Cl)c(Br)c1. The van der Waals surface area contributed by atoms with Crippen LogP contribution in [0.3, 0.4) is 0 Å². The summed E-state index contributed by atoms with van der Waals surface area (Å²) in [6.07, 6.45) is 1.65. The summed E-state index contributed by atoms with van der Waals surface area (Å²) in [4.78, 5) is 0.174. The zero-order valence-corrected chi connectivity index (χ0v) is 13.8. The molecule has 19 heavy (non-hydrogen) atoms. The Morgan fingerprint density at radius 1 is 1.37 bits per heavy atom. The lowest BCUT2D eigenvalue weighted by Gasteiger charge is -2.21. The largest absolute Gasteiger partial charge is 0.395 e. The highest BCUT2D eigenvalue weighted by Gasteiger charge is 2.24. The van der Waals surface area contributed by atoms with Crippen LogP contribution in [0.15, 0.2) is 27.6 Å². The van der Waals surface area contributed by atoms with Crippen LogP contribution in [0.2, 0.25) is 5.02 Å². The third kappa shape index (κ3) is 4.43. The highest BCUT2D eigenvalue weighted by Crippen LogP contribution is 2.27. The second-order valence-electron chi connectivity index (χ2n) is 4.06. The Labute approximate surface area is 127 Å². The number of hydrogen-bond acceptors (Lipinski definition) is 3. The third-order valence-corrected chi connectivity index (χ3v) is 5.75. The molecule has 0 aliphatic rings. The molecule has 7 heteroatoms. The van der Waals surface area contributed by atoms with Crippen molar-refractivity contribution in [3.63, 3.8) is 0 Å². The smallest absolute Gasteiger partial charge is 0.243 e. The van der Waals surface area contributed by atoms with E-state index in [1.54, 1.807) is 0 Å². The first-order valence-electron chi connectivity index (χ1n) is 5.99. The molecule has 0 saturated heterocycles. The standard InChI is InChI=1S/C12H17BrClNO3S/c1-2-3-6-15(7-8-16)19(17,18)10-4-5-12(14)11(13)9-10/h4-5,9,16H,2-3,6-8H2,1H3. The summed E-state index contributed by atoms with van der Waals surface area (Å²) in [5.74, 6) is 0. The van der Waals surface area contributed by atoms with Gasteiger partial charge in [0.25, 0.3) is 0 Å². The van der Waals surface area contributed by atoms with E-state index in [-0.39, 0.29) is 18.0 Å². The van der Waals surface area contributed by atoms with Gasteiger partial charge >= 0.3 is 0 Å². The average Bonchev–Trinajstić information content (AvgIpc) is 2.37. The molecule has 4 nitrogen and oxygen atoms in total. The zero-order chi connectivity index (χ0) is 14.5. The molecule has 0 aliphatic carbocycles. The number of halogens is 2. The second-order valence-corrected chi connectivity index (χ2v) is 7.26. The van der Waals surface area contributed by atoms with E-state index in [1.807, 2.05) is 6.92 Å². The molecule has 1 N–H and O–H groups in total. The summed E-state index contributed by atoms with van der Waals surface area (Å²) in [5, 5.41) is 9.47. The van der Waals surface area contributed by atoms with E-state index < -0.39 is 10.0 Å². The third-order valence-electron chi connectivity index (χ3n) is 2.64. The number of aliphatic hydroxyl groups excluding tert-OH is 1. The van der Waals surface area contributed by atoms with Gasteiger partial charge in [-0.25, -0.2) is 8.42 Å².